The standard InChI is InChI=1S/C23H18FN5O3S/c1-3-32-19-9-14(24)5-6-15(19)21-16(10-25)20-22(33-21)23(27-12-26-20)29-28-11-13-4-7-18(31-2)17(30)8-13/h4-9,11-12,30H,3H2,1-2H3,(H,26,27,29). The van der Waals surface area contributed by atoms with Crippen molar-refractivity contribution in [1.82, 2.24) is 9.97 Å². The highest BCUT2D eigenvalue weighted by Crippen LogP contribution is 2.43. The van der Waals surface area contributed by atoms with Crippen molar-refractivity contribution in [3.8, 4) is 33.8 Å². The molecule has 2 aromatic heterocycles. The number of aromatic nitrogens is 2. The van der Waals surface area contributed by atoms with Crippen molar-refractivity contribution in [1.29, 1.82) is 5.26 Å². The Morgan fingerprint density at radius 3 is 2.82 bits per heavy atom. The normalized spacial score (nSPS) is 11.0. The summed E-state index contributed by atoms with van der Waals surface area (Å²) in [6.07, 6.45) is 2.85. The second kappa shape index (κ2) is 9.50. The largest absolute Gasteiger partial charge is 0.504 e. The van der Waals surface area contributed by atoms with Crippen LogP contribution in [0.25, 0.3) is 20.7 Å². The van der Waals surface area contributed by atoms with Gasteiger partial charge in [0.15, 0.2) is 17.3 Å². The fraction of sp³-hybridized carbons (Fsp3) is 0.130. The minimum atomic E-state index is -0.428. The van der Waals surface area contributed by atoms with Crippen LogP contribution in [0.3, 0.4) is 0 Å². The Hall–Kier alpha value is -4.23. The molecule has 0 aliphatic heterocycles. The molecular formula is C23H18FN5O3S. The van der Waals surface area contributed by atoms with E-state index >= 15 is 0 Å². The molecule has 0 radical (unpaired) electrons. The smallest absolute Gasteiger partial charge is 0.167 e. The van der Waals surface area contributed by atoms with Crippen molar-refractivity contribution < 1.29 is 19.0 Å². The summed E-state index contributed by atoms with van der Waals surface area (Å²) in [6, 6.07) is 11.3. The predicted molar refractivity (Wildman–Crippen MR) is 125 cm³/mol. The second-order valence-corrected chi connectivity index (χ2v) is 7.71. The fourth-order valence-corrected chi connectivity index (χ4v) is 4.37. The molecule has 2 N–H and O–H groups in total. The maximum Gasteiger partial charge on any atom is 0.167 e. The number of ether oxygens (including phenoxy) is 2. The van der Waals surface area contributed by atoms with Crippen LogP contribution in [-0.4, -0.2) is 35.0 Å². The van der Waals surface area contributed by atoms with Crippen molar-refractivity contribution >= 4 is 33.6 Å². The number of nitriles is 1. The van der Waals surface area contributed by atoms with Gasteiger partial charge in [0.05, 0.1) is 35.1 Å². The number of anilines is 1. The molecule has 2 aromatic carbocycles. The molecule has 0 amide bonds. The summed E-state index contributed by atoms with van der Waals surface area (Å²) in [4.78, 5) is 9.12. The Morgan fingerprint density at radius 1 is 1.24 bits per heavy atom. The molecule has 0 saturated carbocycles. The average Bonchev–Trinajstić information content (AvgIpc) is 3.19. The van der Waals surface area contributed by atoms with Crippen LogP contribution in [0.4, 0.5) is 10.2 Å². The molecule has 2 heterocycles. The van der Waals surface area contributed by atoms with E-state index in [1.54, 1.807) is 25.1 Å². The third kappa shape index (κ3) is 4.40. The number of thiophene rings is 1. The Bertz CT molecular complexity index is 1400. The van der Waals surface area contributed by atoms with Crippen molar-refractivity contribution in [3.05, 3.63) is 59.7 Å². The minimum absolute atomic E-state index is 0.00293. The van der Waals surface area contributed by atoms with Gasteiger partial charge in [-0.25, -0.2) is 14.4 Å². The number of phenols is 1. The summed E-state index contributed by atoms with van der Waals surface area (Å²) in [6.45, 7) is 2.16. The van der Waals surface area contributed by atoms with Gasteiger partial charge in [-0.05, 0) is 42.8 Å². The van der Waals surface area contributed by atoms with Gasteiger partial charge in [-0.3, -0.25) is 5.43 Å². The number of methoxy groups -OCH3 is 1. The van der Waals surface area contributed by atoms with E-state index in [2.05, 4.69) is 26.6 Å². The van der Waals surface area contributed by atoms with Gasteiger partial charge in [-0.15, -0.1) is 11.3 Å². The van der Waals surface area contributed by atoms with E-state index in [0.29, 0.717) is 55.7 Å². The third-order valence-electron chi connectivity index (χ3n) is 4.66. The van der Waals surface area contributed by atoms with Crippen LogP contribution in [0.15, 0.2) is 47.8 Å². The topological polar surface area (TPSA) is 113 Å². The molecule has 8 nitrogen and oxygen atoms in total. The number of hydrogen-bond acceptors (Lipinski definition) is 9. The molecule has 4 aromatic rings. The zero-order valence-corrected chi connectivity index (χ0v) is 18.5. The Labute approximate surface area is 192 Å². The number of phenolic OH excluding ortho intramolecular Hbond substituents is 1. The number of halogens is 1. The van der Waals surface area contributed by atoms with Gasteiger partial charge in [0.25, 0.3) is 0 Å². The molecule has 10 heteroatoms. The zero-order chi connectivity index (χ0) is 23.4. The molecule has 0 atom stereocenters. The highest BCUT2D eigenvalue weighted by atomic mass is 32.1. The lowest BCUT2D eigenvalue weighted by molar-refractivity contribution is 0.340. The average molecular weight is 463 g/mol. The number of fused-ring (bicyclic) bond motifs is 1. The lowest BCUT2D eigenvalue weighted by atomic mass is 10.1. The van der Waals surface area contributed by atoms with Crippen LogP contribution in [0.5, 0.6) is 17.2 Å². The molecule has 0 aliphatic carbocycles. The Kier molecular flexibility index (Phi) is 6.33. The van der Waals surface area contributed by atoms with Gasteiger partial charge in [0.2, 0.25) is 0 Å². The molecule has 166 valence electrons. The summed E-state index contributed by atoms with van der Waals surface area (Å²) < 4.78 is 25.0. The first-order chi connectivity index (χ1) is 16.0. The van der Waals surface area contributed by atoms with Gasteiger partial charge >= 0.3 is 0 Å². The molecule has 0 aliphatic rings. The first kappa shape index (κ1) is 22.0. The van der Waals surface area contributed by atoms with Crippen LogP contribution in [-0.2, 0) is 0 Å². The van der Waals surface area contributed by atoms with E-state index in [9.17, 15) is 14.8 Å². The summed E-state index contributed by atoms with van der Waals surface area (Å²) >= 11 is 1.28. The number of aromatic hydroxyl groups is 1. The Morgan fingerprint density at radius 2 is 2.09 bits per heavy atom. The molecule has 0 fully saturated rings. The van der Waals surface area contributed by atoms with Crippen LogP contribution in [0.1, 0.15) is 18.1 Å². The number of benzene rings is 2. The Balaban J connectivity index is 1.72. The molecule has 0 spiro atoms. The number of hydrogen-bond donors (Lipinski definition) is 2. The molecule has 33 heavy (non-hydrogen) atoms. The predicted octanol–water partition coefficient (Wildman–Crippen LogP) is 4.93. The number of nitrogens with zero attached hydrogens (tertiary/aromatic N) is 4. The van der Waals surface area contributed by atoms with Crippen molar-refractivity contribution in [2.45, 2.75) is 6.92 Å². The quantitative estimate of drug-likeness (QED) is 0.295. The van der Waals surface area contributed by atoms with Crippen LogP contribution >= 0.6 is 11.3 Å². The number of rotatable bonds is 7. The molecule has 0 unspecified atom stereocenters. The maximum absolute atomic E-state index is 13.8. The second-order valence-electron chi connectivity index (χ2n) is 6.69. The summed E-state index contributed by atoms with van der Waals surface area (Å²) in [5, 5.41) is 23.9. The van der Waals surface area contributed by atoms with Crippen molar-refractivity contribution in [3.63, 3.8) is 0 Å². The summed E-state index contributed by atoms with van der Waals surface area (Å²) in [7, 11) is 1.47. The van der Waals surface area contributed by atoms with Crippen molar-refractivity contribution in [2.75, 3.05) is 19.1 Å². The SMILES string of the molecule is CCOc1cc(F)ccc1-c1sc2c(NN=Cc3ccc(OC)c(O)c3)ncnc2c1C#N. The number of hydrazone groups is 1. The van der Waals surface area contributed by atoms with E-state index in [0.717, 1.165) is 0 Å². The highest BCUT2D eigenvalue weighted by molar-refractivity contribution is 7.23. The lowest BCUT2D eigenvalue weighted by Crippen LogP contribution is -1.95. The van der Waals surface area contributed by atoms with Crippen molar-refractivity contribution in [2.24, 2.45) is 5.10 Å². The first-order valence-electron chi connectivity index (χ1n) is 9.82. The van der Waals surface area contributed by atoms with E-state index in [-0.39, 0.29) is 5.75 Å². The zero-order valence-electron chi connectivity index (χ0n) is 17.7. The fourth-order valence-electron chi connectivity index (χ4n) is 3.20. The van der Waals surface area contributed by atoms with Gasteiger partial charge in [0, 0.05) is 11.6 Å². The number of nitrogens with one attached hydrogen (secondary N) is 1. The van der Waals surface area contributed by atoms with Gasteiger partial charge in [-0.2, -0.15) is 10.4 Å². The lowest BCUT2D eigenvalue weighted by Gasteiger charge is -2.09. The molecule has 0 saturated heterocycles. The van der Waals surface area contributed by atoms with Crippen LogP contribution < -0.4 is 14.9 Å². The minimum Gasteiger partial charge on any atom is -0.504 e. The maximum atomic E-state index is 13.8. The summed E-state index contributed by atoms with van der Waals surface area (Å²) in [5.74, 6) is 0.682. The summed E-state index contributed by atoms with van der Waals surface area (Å²) in [5.41, 5.74) is 4.91. The molecule has 0 bridgehead atoms. The van der Waals surface area contributed by atoms with Gasteiger partial charge < -0.3 is 14.6 Å². The third-order valence-corrected chi connectivity index (χ3v) is 5.88. The van der Waals surface area contributed by atoms with Gasteiger partial charge in [0.1, 0.15) is 29.5 Å². The van der Waals surface area contributed by atoms with E-state index < -0.39 is 5.82 Å². The van der Waals surface area contributed by atoms with E-state index in [1.165, 1.54) is 49.2 Å². The monoisotopic (exact) mass is 463 g/mol. The van der Waals surface area contributed by atoms with Gasteiger partial charge in [-0.1, -0.05) is 0 Å². The van der Waals surface area contributed by atoms with Crippen LogP contribution in [0, 0.1) is 17.1 Å². The van der Waals surface area contributed by atoms with E-state index in [4.69, 9.17) is 9.47 Å². The van der Waals surface area contributed by atoms with Crippen LogP contribution in [0.2, 0.25) is 0 Å². The first-order valence-corrected chi connectivity index (χ1v) is 10.6. The van der Waals surface area contributed by atoms with E-state index in [1.807, 2.05) is 0 Å². The molecule has 4 rings (SSSR count). The highest BCUT2D eigenvalue weighted by Gasteiger charge is 2.21. The molecular weight excluding hydrogens is 445 g/mol.